The van der Waals surface area contributed by atoms with Crippen LogP contribution in [-0.2, 0) is 11.3 Å². The number of nitrogens with zero attached hydrogens (tertiary/aromatic N) is 1. The Bertz CT molecular complexity index is 745. The molecule has 2 aromatic rings. The quantitative estimate of drug-likeness (QED) is 0.304. The SMILES string of the molecule is CN=C(NCc1ccc(NC(=O)C(C)C)cc1)NCC(C)c1ccccc1.I. The van der Waals surface area contributed by atoms with Crippen LogP contribution < -0.4 is 16.0 Å². The highest BCUT2D eigenvalue weighted by Gasteiger charge is 2.08. The Balaban J connectivity index is 0.00000392. The molecule has 0 aliphatic carbocycles. The van der Waals surface area contributed by atoms with Crippen LogP contribution in [-0.4, -0.2) is 25.5 Å². The smallest absolute Gasteiger partial charge is 0.226 e. The molecule has 5 nitrogen and oxygen atoms in total. The summed E-state index contributed by atoms with van der Waals surface area (Å²) in [5.41, 5.74) is 3.24. The number of hydrogen-bond donors (Lipinski definition) is 3. The first-order valence-electron chi connectivity index (χ1n) is 9.39. The van der Waals surface area contributed by atoms with E-state index in [1.54, 1.807) is 7.05 Å². The van der Waals surface area contributed by atoms with Gasteiger partial charge in [0.25, 0.3) is 0 Å². The Labute approximate surface area is 185 Å². The minimum Gasteiger partial charge on any atom is -0.356 e. The minimum atomic E-state index is -0.0287. The van der Waals surface area contributed by atoms with Gasteiger partial charge in [-0.25, -0.2) is 0 Å². The molecule has 0 spiro atoms. The molecule has 1 atom stereocenters. The van der Waals surface area contributed by atoms with Gasteiger partial charge in [-0.05, 0) is 29.2 Å². The lowest BCUT2D eigenvalue weighted by molar-refractivity contribution is -0.118. The molecule has 6 heteroatoms. The van der Waals surface area contributed by atoms with Crippen molar-refractivity contribution >= 4 is 41.5 Å². The highest BCUT2D eigenvalue weighted by atomic mass is 127. The van der Waals surface area contributed by atoms with E-state index in [0.29, 0.717) is 12.5 Å². The third kappa shape index (κ3) is 7.88. The van der Waals surface area contributed by atoms with E-state index >= 15 is 0 Å². The van der Waals surface area contributed by atoms with Gasteiger partial charge in [0.2, 0.25) is 5.91 Å². The van der Waals surface area contributed by atoms with Crippen LogP contribution in [0.25, 0.3) is 0 Å². The zero-order valence-corrected chi connectivity index (χ0v) is 19.4. The van der Waals surface area contributed by atoms with Gasteiger partial charge in [0, 0.05) is 31.7 Å². The second-order valence-corrected chi connectivity index (χ2v) is 6.96. The summed E-state index contributed by atoms with van der Waals surface area (Å²) >= 11 is 0. The number of aliphatic imine (C=N–C) groups is 1. The maximum atomic E-state index is 11.7. The molecule has 0 aliphatic rings. The van der Waals surface area contributed by atoms with Crippen molar-refractivity contribution in [3.8, 4) is 0 Å². The summed E-state index contributed by atoms with van der Waals surface area (Å²) in [7, 11) is 1.77. The average molecular weight is 494 g/mol. The first kappa shape index (κ1) is 23.9. The highest BCUT2D eigenvalue weighted by molar-refractivity contribution is 14.0. The topological polar surface area (TPSA) is 65.5 Å². The summed E-state index contributed by atoms with van der Waals surface area (Å²) < 4.78 is 0. The molecular formula is C22H31IN4O. The van der Waals surface area contributed by atoms with Gasteiger partial charge >= 0.3 is 0 Å². The van der Waals surface area contributed by atoms with E-state index in [-0.39, 0.29) is 35.8 Å². The number of amides is 1. The lowest BCUT2D eigenvalue weighted by Crippen LogP contribution is -2.38. The monoisotopic (exact) mass is 494 g/mol. The van der Waals surface area contributed by atoms with E-state index in [9.17, 15) is 4.79 Å². The van der Waals surface area contributed by atoms with Crippen molar-refractivity contribution in [2.45, 2.75) is 33.2 Å². The van der Waals surface area contributed by atoms with Gasteiger partial charge in [-0.15, -0.1) is 24.0 Å². The summed E-state index contributed by atoms with van der Waals surface area (Å²) in [6.07, 6.45) is 0. The molecule has 0 heterocycles. The second-order valence-electron chi connectivity index (χ2n) is 6.96. The van der Waals surface area contributed by atoms with Gasteiger partial charge in [-0.2, -0.15) is 0 Å². The molecule has 0 saturated carbocycles. The van der Waals surface area contributed by atoms with E-state index in [2.05, 4.69) is 52.1 Å². The van der Waals surface area contributed by atoms with Gasteiger partial charge in [0.05, 0.1) is 0 Å². The Kier molecular flexibility index (Phi) is 10.6. The predicted molar refractivity (Wildman–Crippen MR) is 128 cm³/mol. The maximum absolute atomic E-state index is 11.7. The fourth-order valence-corrected chi connectivity index (χ4v) is 2.55. The van der Waals surface area contributed by atoms with Crippen LogP contribution >= 0.6 is 24.0 Å². The van der Waals surface area contributed by atoms with Crippen molar-refractivity contribution in [2.75, 3.05) is 18.9 Å². The molecule has 0 radical (unpaired) electrons. The fourth-order valence-electron chi connectivity index (χ4n) is 2.55. The number of benzene rings is 2. The Hall–Kier alpha value is -2.09. The zero-order valence-electron chi connectivity index (χ0n) is 17.0. The van der Waals surface area contributed by atoms with E-state index in [1.807, 2.05) is 44.2 Å². The third-order valence-electron chi connectivity index (χ3n) is 4.37. The number of nitrogens with one attached hydrogen (secondary N) is 3. The molecule has 28 heavy (non-hydrogen) atoms. The van der Waals surface area contributed by atoms with Gasteiger partial charge in [-0.3, -0.25) is 9.79 Å². The van der Waals surface area contributed by atoms with E-state index < -0.39 is 0 Å². The lowest BCUT2D eigenvalue weighted by Gasteiger charge is -2.16. The average Bonchev–Trinajstić information content (AvgIpc) is 2.69. The molecule has 3 N–H and O–H groups in total. The van der Waals surface area contributed by atoms with Crippen LogP contribution in [0.2, 0.25) is 0 Å². The molecular weight excluding hydrogens is 463 g/mol. The molecule has 0 saturated heterocycles. The van der Waals surface area contributed by atoms with Crippen LogP contribution in [0.4, 0.5) is 5.69 Å². The van der Waals surface area contributed by atoms with Crippen LogP contribution in [0.5, 0.6) is 0 Å². The Morgan fingerprint density at radius 3 is 2.18 bits per heavy atom. The fraction of sp³-hybridized carbons (Fsp3) is 0.364. The molecule has 2 rings (SSSR count). The van der Waals surface area contributed by atoms with E-state index in [4.69, 9.17) is 0 Å². The molecule has 2 aromatic carbocycles. The van der Waals surface area contributed by atoms with Crippen molar-refractivity contribution in [1.82, 2.24) is 10.6 Å². The predicted octanol–water partition coefficient (Wildman–Crippen LogP) is 4.37. The lowest BCUT2D eigenvalue weighted by atomic mass is 10.0. The summed E-state index contributed by atoms with van der Waals surface area (Å²) in [4.78, 5) is 16.0. The standard InChI is InChI=1S/C22H30N4O.HI/c1-16(2)21(27)26-20-12-10-18(11-13-20)15-25-22(23-4)24-14-17(3)19-8-6-5-7-9-19;/h5-13,16-17H,14-15H2,1-4H3,(H,26,27)(H2,23,24,25);1H. The molecule has 0 aromatic heterocycles. The third-order valence-corrected chi connectivity index (χ3v) is 4.37. The van der Waals surface area contributed by atoms with Crippen molar-refractivity contribution in [3.63, 3.8) is 0 Å². The normalized spacial score (nSPS) is 12.1. The van der Waals surface area contributed by atoms with Crippen LogP contribution in [0.3, 0.4) is 0 Å². The summed E-state index contributed by atoms with van der Waals surface area (Å²) in [5.74, 6) is 1.17. The van der Waals surface area contributed by atoms with Crippen LogP contribution in [0.1, 0.15) is 37.8 Å². The van der Waals surface area contributed by atoms with Crippen LogP contribution in [0, 0.1) is 5.92 Å². The Morgan fingerprint density at radius 1 is 0.964 bits per heavy atom. The second kappa shape index (κ2) is 12.4. The Morgan fingerprint density at radius 2 is 1.61 bits per heavy atom. The molecule has 1 unspecified atom stereocenters. The van der Waals surface area contributed by atoms with Crippen molar-refractivity contribution < 1.29 is 4.79 Å². The number of rotatable bonds is 7. The van der Waals surface area contributed by atoms with Gasteiger partial charge < -0.3 is 16.0 Å². The largest absolute Gasteiger partial charge is 0.356 e. The molecule has 0 aliphatic heterocycles. The molecule has 0 fully saturated rings. The molecule has 0 bridgehead atoms. The van der Waals surface area contributed by atoms with Crippen LogP contribution in [0.15, 0.2) is 59.6 Å². The van der Waals surface area contributed by atoms with E-state index in [1.165, 1.54) is 5.56 Å². The maximum Gasteiger partial charge on any atom is 0.226 e. The summed E-state index contributed by atoms with van der Waals surface area (Å²) in [6, 6.07) is 18.3. The number of anilines is 1. The van der Waals surface area contributed by atoms with Crippen molar-refractivity contribution in [1.29, 1.82) is 0 Å². The van der Waals surface area contributed by atoms with Gasteiger partial charge in [-0.1, -0.05) is 63.2 Å². The zero-order chi connectivity index (χ0) is 19.6. The number of carbonyl (C=O) groups is 1. The number of guanidine groups is 1. The van der Waals surface area contributed by atoms with Gasteiger partial charge in [0.15, 0.2) is 5.96 Å². The number of carbonyl (C=O) groups excluding carboxylic acids is 1. The highest BCUT2D eigenvalue weighted by Crippen LogP contribution is 2.13. The van der Waals surface area contributed by atoms with Crippen molar-refractivity contribution in [3.05, 3.63) is 65.7 Å². The molecule has 1 amide bonds. The minimum absolute atomic E-state index is 0. The summed E-state index contributed by atoms with van der Waals surface area (Å²) in [6.45, 7) is 7.43. The number of halogens is 1. The van der Waals surface area contributed by atoms with E-state index in [0.717, 1.165) is 23.8 Å². The summed E-state index contributed by atoms with van der Waals surface area (Å²) in [5, 5.41) is 9.59. The first-order valence-corrected chi connectivity index (χ1v) is 9.39. The van der Waals surface area contributed by atoms with Crippen molar-refractivity contribution in [2.24, 2.45) is 10.9 Å². The van der Waals surface area contributed by atoms with Gasteiger partial charge in [0.1, 0.15) is 0 Å². The molecule has 152 valence electrons. The number of hydrogen-bond acceptors (Lipinski definition) is 2. The first-order chi connectivity index (χ1) is 13.0.